The normalized spacial score (nSPS) is 16.8. The molecule has 1 aliphatic rings. The molecule has 1 aromatic carbocycles. The molecule has 1 N–H and O–H groups in total. The topological polar surface area (TPSA) is 15.3 Å². The summed E-state index contributed by atoms with van der Waals surface area (Å²) in [5.41, 5.74) is 2.60. The van der Waals surface area contributed by atoms with E-state index in [2.05, 4.69) is 58.3 Å². The smallest absolute Gasteiger partial charge is 0.0375 e. The summed E-state index contributed by atoms with van der Waals surface area (Å²) in [5, 5.41) is 3.43. The minimum Gasteiger partial charge on any atom is -0.375 e. The van der Waals surface area contributed by atoms with Crippen LogP contribution in [0.2, 0.25) is 0 Å². The Morgan fingerprint density at radius 3 is 2.72 bits per heavy atom. The van der Waals surface area contributed by atoms with Gasteiger partial charge in [-0.15, -0.1) is 0 Å². The summed E-state index contributed by atoms with van der Waals surface area (Å²) >= 11 is 3.61. The van der Waals surface area contributed by atoms with Gasteiger partial charge in [0.25, 0.3) is 0 Å². The molecule has 2 rings (SSSR count). The van der Waals surface area contributed by atoms with E-state index in [0.717, 1.165) is 12.5 Å². The van der Waals surface area contributed by atoms with Crippen LogP contribution < -0.4 is 10.2 Å². The molecule has 0 aliphatic carbocycles. The number of rotatable bonds is 4. The lowest BCUT2D eigenvalue weighted by molar-refractivity contribution is 0.356. The Bertz CT molecular complexity index is 386. The molecular formula is C15H23BrN2. The first kappa shape index (κ1) is 13.9. The van der Waals surface area contributed by atoms with Crippen molar-refractivity contribution in [3.05, 3.63) is 28.2 Å². The first-order chi connectivity index (χ1) is 8.66. The lowest BCUT2D eigenvalue weighted by Crippen LogP contribution is -2.30. The Morgan fingerprint density at radius 2 is 2.06 bits per heavy atom. The van der Waals surface area contributed by atoms with Gasteiger partial charge in [0.15, 0.2) is 0 Å². The molecule has 100 valence electrons. The van der Waals surface area contributed by atoms with Gasteiger partial charge in [0.1, 0.15) is 0 Å². The third-order valence-corrected chi connectivity index (χ3v) is 4.78. The molecule has 0 aromatic heterocycles. The number of hydrogen-bond acceptors (Lipinski definition) is 2. The van der Waals surface area contributed by atoms with E-state index in [-0.39, 0.29) is 0 Å². The van der Waals surface area contributed by atoms with E-state index in [9.17, 15) is 0 Å². The number of benzene rings is 1. The number of hydrogen-bond donors (Lipinski definition) is 1. The summed E-state index contributed by atoms with van der Waals surface area (Å²) in [5.74, 6) is 0.905. The van der Waals surface area contributed by atoms with Gasteiger partial charge in [0.05, 0.1) is 0 Å². The molecule has 0 unspecified atom stereocenters. The van der Waals surface area contributed by atoms with Crippen molar-refractivity contribution < 1.29 is 0 Å². The van der Waals surface area contributed by atoms with Crippen LogP contribution in [0.3, 0.4) is 0 Å². The Balaban J connectivity index is 1.86. The standard InChI is InChI=1S/C15H23BrN2/c1-12-3-4-14(11-15(12)16)18(2)10-7-13-5-8-17-9-6-13/h3-4,11,13,17H,5-10H2,1-2H3. The Hall–Kier alpha value is -0.540. The van der Waals surface area contributed by atoms with Crippen molar-refractivity contribution in [2.45, 2.75) is 26.2 Å². The number of halogens is 1. The van der Waals surface area contributed by atoms with E-state index >= 15 is 0 Å². The second-order valence-electron chi connectivity index (χ2n) is 5.34. The third kappa shape index (κ3) is 3.72. The van der Waals surface area contributed by atoms with Crippen molar-refractivity contribution in [3.63, 3.8) is 0 Å². The fourth-order valence-electron chi connectivity index (χ4n) is 2.49. The first-order valence-corrected chi connectivity index (χ1v) is 7.64. The van der Waals surface area contributed by atoms with Gasteiger partial charge >= 0.3 is 0 Å². The summed E-state index contributed by atoms with van der Waals surface area (Å²) in [6.07, 6.45) is 3.99. The lowest BCUT2D eigenvalue weighted by atomic mass is 9.94. The van der Waals surface area contributed by atoms with Gasteiger partial charge in [-0.05, 0) is 62.9 Å². The molecule has 0 spiro atoms. The van der Waals surface area contributed by atoms with Crippen LogP contribution in [-0.2, 0) is 0 Å². The molecule has 2 nitrogen and oxygen atoms in total. The van der Waals surface area contributed by atoms with E-state index in [4.69, 9.17) is 0 Å². The van der Waals surface area contributed by atoms with Crippen LogP contribution in [0, 0.1) is 12.8 Å². The van der Waals surface area contributed by atoms with Crippen molar-refractivity contribution >= 4 is 21.6 Å². The SMILES string of the molecule is Cc1ccc(N(C)CCC2CCNCC2)cc1Br. The fraction of sp³-hybridized carbons (Fsp3) is 0.600. The van der Waals surface area contributed by atoms with Crippen LogP contribution in [0.25, 0.3) is 0 Å². The largest absolute Gasteiger partial charge is 0.375 e. The summed E-state index contributed by atoms with van der Waals surface area (Å²) in [6.45, 7) is 5.68. The van der Waals surface area contributed by atoms with E-state index in [1.54, 1.807) is 0 Å². The number of nitrogens with one attached hydrogen (secondary N) is 1. The molecule has 18 heavy (non-hydrogen) atoms. The van der Waals surface area contributed by atoms with E-state index in [0.29, 0.717) is 0 Å². The van der Waals surface area contributed by atoms with Crippen LogP contribution >= 0.6 is 15.9 Å². The predicted molar refractivity (Wildman–Crippen MR) is 82.4 cm³/mol. The maximum atomic E-state index is 3.61. The second kappa shape index (κ2) is 6.58. The molecule has 0 bridgehead atoms. The van der Waals surface area contributed by atoms with Crippen molar-refractivity contribution in [1.29, 1.82) is 0 Å². The molecular weight excluding hydrogens is 288 g/mol. The van der Waals surface area contributed by atoms with Crippen molar-refractivity contribution in [1.82, 2.24) is 5.32 Å². The molecule has 0 amide bonds. The van der Waals surface area contributed by atoms with Crippen LogP contribution in [0.1, 0.15) is 24.8 Å². The molecule has 0 saturated carbocycles. The highest BCUT2D eigenvalue weighted by Crippen LogP contribution is 2.24. The predicted octanol–water partition coefficient (Wildman–Crippen LogP) is 3.58. The van der Waals surface area contributed by atoms with Gasteiger partial charge in [-0.1, -0.05) is 22.0 Å². The summed E-state index contributed by atoms with van der Waals surface area (Å²) in [6, 6.07) is 6.61. The molecule has 3 heteroatoms. The monoisotopic (exact) mass is 310 g/mol. The quantitative estimate of drug-likeness (QED) is 0.914. The molecule has 1 heterocycles. The molecule has 1 aliphatic heterocycles. The van der Waals surface area contributed by atoms with Gasteiger partial charge in [-0.3, -0.25) is 0 Å². The number of anilines is 1. The molecule has 1 aromatic rings. The highest BCUT2D eigenvalue weighted by molar-refractivity contribution is 9.10. The molecule has 0 radical (unpaired) electrons. The lowest BCUT2D eigenvalue weighted by Gasteiger charge is -2.26. The summed E-state index contributed by atoms with van der Waals surface area (Å²) in [7, 11) is 2.19. The van der Waals surface area contributed by atoms with Gasteiger partial charge in [0.2, 0.25) is 0 Å². The molecule has 0 atom stereocenters. The number of aryl methyl sites for hydroxylation is 1. The summed E-state index contributed by atoms with van der Waals surface area (Å²) < 4.78 is 1.20. The minimum absolute atomic E-state index is 0.905. The summed E-state index contributed by atoms with van der Waals surface area (Å²) in [4.78, 5) is 2.37. The van der Waals surface area contributed by atoms with E-state index in [1.807, 2.05) is 0 Å². The number of piperidine rings is 1. The van der Waals surface area contributed by atoms with Gasteiger partial charge in [0, 0.05) is 23.8 Å². The van der Waals surface area contributed by atoms with Crippen LogP contribution in [-0.4, -0.2) is 26.7 Å². The van der Waals surface area contributed by atoms with E-state index in [1.165, 1.54) is 48.1 Å². The zero-order valence-corrected chi connectivity index (χ0v) is 13.0. The highest BCUT2D eigenvalue weighted by atomic mass is 79.9. The second-order valence-corrected chi connectivity index (χ2v) is 6.19. The van der Waals surface area contributed by atoms with Crippen LogP contribution in [0.4, 0.5) is 5.69 Å². The maximum Gasteiger partial charge on any atom is 0.0375 e. The number of nitrogens with zero attached hydrogens (tertiary/aromatic N) is 1. The Kier molecular flexibility index (Phi) is 5.07. The van der Waals surface area contributed by atoms with Gasteiger partial charge < -0.3 is 10.2 Å². The zero-order chi connectivity index (χ0) is 13.0. The minimum atomic E-state index is 0.905. The van der Waals surface area contributed by atoms with Crippen LogP contribution in [0.15, 0.2) is 22.7 Å². The van der Waals surface area contributed by atoms with Crippen LogP contribution in [0.5, 0.6) is 0 Å². The van der Waals surface area contributed by atoms with Gasteiger partial charge in [-0.25, -0.2) is 0 Å². The fourth-order valence-corrected chi connectivity index (χ4v) is 2.86. The molecule has 1 fully saturated rings. The van der Waals surface area contributed by atoms with Crippen molar-refractivity contribution in [2.75, 3.05) is 31.6 Å². The Labute approximate surface area is 119 Å². The highest BCUT2D eigenvalue weighted by Gasteiger charge is 2.13. The molecule has 1 saturated heterocycles. The average molecular weight is 311 g/mol. The van der Waals surface area contributed by atoms with E-state index < -0.39 is 0 Å². The average Bonchev–Trinajstić information content (AvgIpc) is 2.40. The maximum absolute atomic E-state index is 3.61. The zero-order valence-electron chi connectivity index (χ0n) is 11.4. The third-order valence-electron chi connectivity index (χ3n) is 3.93. The first-order valence-electron chi connectivity index (χ1n) is 6.85. The van der Waals surface area contributed by atoms with Gasteiger partial charge in [-0.2, -0.15) is 0 Å². The Morgan fingerprint density at radius 1 is 1.33 bits per heavy atom. The van der Waals surface area contributed by atoms with Crippen molar-refractivity contribution in [3.8, 4) is 0 Å². The van der Waals surface area contributed by atoms with Crippen molar-refractivity contribution in [2.24, 2.45) is 5.92 Å².